The second kappa shape index (κ2) is 8.65. The molecule has 0 saturated carbocycles. The summed E-state index contributed by atoms with van der Waals surface area (Å²) in [5, 5.41) is 3.50. The summed E-state index contributed by atoms with van der Waals surface area (Å²) in [4.78, 5) is 0. The Bertz CT molecular complexity index is 894. The van der Waals surface area contributed by atoms with Crippen LogP contribution in [0.1, 0.15) is 87.8 Å². The highest BCUT2D eigenvalue weighted by atomic mass is 16.5. The molecule has 2 aromatic rings. The number of aryl methyl sites for hydroxylation is 2. The number of hydrogen-bond donors (Lipinski definition) is 1. The summed E-state index contributed by atoms with van der Waals surface area (Å²) in [5.74, 6) is 1.15. The number of fused-ring (bicyclic) bond motifs is 2. The second-order valence-electron chi connectivity index (χ2n) is 11.0. The van der Waals surface area contributed by atoms with Crippen molar-refractivity contribution < 1.29 is 4.74 Å². The summed E-state index contributed by atoms with van der Waals surface area (Å²) in [7, 11) is 0. The zero-order chi connectivity index (χ0) is 22.1. The van der Waals surface area contributed by atoms with Crippen LogP contribution in [0.2, 0.25) is 0 Å². The van der Waals surface area contributed by atoms with Crippen LogP contribution in [0.4, 0.5) is 5.69 Å². The average molecular weight is 408 g/mol. The molecule has 0 aliphatic carbocycles. The Kier molecular flexibility index (Phi) is 6.55. The first kappa shape index (κ1) is 22.7. The lowest BCUT2D eigenvalue weighted by molar-refractivity contribution is 0.284. The van der Waals surface area contributed by atoms with E-state index in [0.717, 1.165) is 25.3 Å². The van der Waals surface area contributed by atoms with Gasteiger partial charge in [0, 0.05) is 12.2 Å². The van der Waals surface area contributed by atoms with E-state index in [9.17, 15) is 0 Å². The largest absolute Gasteiger partial charge is 0.493 e. The highest BCUT2D eigenvalue weighted by molar-refractivity contribution is 5.60. The fourth-order valence-electron chi connectivity index (χ4n) is 5.04. The van der Waals surface area contributed by atoms with E-state index in [0.29, 0.717) is 0 Å². The molecule has 0 atom stereocenters. The number of rotatable bonds is 0. The molecule has 2 heterocycles. The summed E-state index contributed by atoms with van der Waals surface area (Å²) >= 11 is 0. The fourth-order valence-corrected chi connectivity index (χ4v) is 5.04. The summed E-state index contributed by atoms with van der Waals surface area (Å²) in [5.41, 5.74) is 10.5. The van der Waals surface area contributed by atoms with E-state index in [4.69, 9.17) is 4.74 Å². The Hall–Kier alpha value is -1.96. The van der Waals surface area contributed by atoms with Crippen LogP contribution in [0, 0.1) is 13.8 Å². The lowest BCUT2D eigenvalue weighted by Crippen LogP contribution is -2.21. The highest BCUT2D eigenvalue weighted by Crippen LogP contribution is 2.37. The first-order valence-electron chi connectivity index (χ1n) is 11.6. The Morgan fingerprint density at radius 2 is 1.43 bits per heavy atom. The van der Waals surface area contributed by atoms with Crippen LogP contribution in [0.25, 0.3) is 0 Å². The molecule has 1 N–H and O–H groups in total. The molecule has 2 aliphatic rings. The molecule has 4 rings (SSSR count). The number of anilines is 1. The molecule has 2 heteroatoms. The van der Waals surface area contributed by atoms with Gasteiger partial charge in [-0.25, -0.2) is 0 Å². The lowest BCUT2D eigenvalue weighted by Gasteiger charge is -2.30. The summed E-state index contributed by atoms with van der Waals surface area (Å²) in [6.07, 6.45) is 4.82. The summed E-state index contributed by atoms with van der Waals surface area (Å²) in [6, 6.07) is 8.93. The predicted molar refractivity (Wildman–Crippen MR) is 130 cm³/mol. The van der Waals surface area contributed by atoms with Crippen LogP contribution in [-0.2, 0) is 23.7 Å². The molecule has 0 radical (unpaired) electrons. The van der Waals surface area contributed by atoms with E-state index in [2.05, 4.69) is 85.0 Å². The van der Waals surface area contributed by atoms with Crippen molar-refractivity contribution in [2.24, 2.45) is 0 Å². The van der Waals surface area contributed by atoms with Crippen molar-refractivity contribution >= 4 is 5.69 Å². The average Bonchev–Trinajstić information content (AvgIpc) is 2.67. The van der Waals surface area contributed by atoms with E-state index in [1.165, 1.54) is 47.2 Å². The molecule has 2 aromatic carbocycles. The maximum Gasteiger partial charge on any atom is 0.125 e. The normalized spacial score (nSPS) is 15.7. The van der Waals surface area contributed by atoms with Gasteiger partial charge in [-0.2, -0.15) is 0 Å². The van der Waals surface area contributed by atoms with Crippen molar-refractivity contribution in [2.45, 2.75) is 91.9 Å². The first-order valence-corrected chi connectivity index (χ1v) is 11.6. The molecule has 2 aliphatic heterocycles. The van der Waals surface area contributed by atoms with Gasteiger partial charge in [0.05, 0.1) is 6.61 Å². The van der Waals surface area contributed by atoms with Gasteiger partial charge in [-0.05, 0) is 89.8 Å². The number of nitrogens with one attached hydrogen (secondary N) is 1. The van der Waals surface area contributed by atoms with Gasteiger partial charge in [-0.15, -0.1) is 0 Å². The van der Waals surface area contributed by atoms with Crippen LogP contribution in [0.3, 0.4) is 0 Å². The minimum Gasteiger partial charge on any atom is -0.493 e. The maximum atomic E-state index is 5.79. The van der Waals surface area contributed by atoms with E-state index in [1.807, 2.05) is 0 Å². The highest BCUT2D eigenvalue weighted by Gasteiger charge is 2.24. The van der Waals surface area contributed by atoms with Gasteiger partial charge in [0.15, 0.2) is 0 Å². The van der Waals surface area contributed by atoms with Crippen molar-refractivity contribution in [3.63, 3.8) is 0 Å². The van der Waals surface area contributed by atoms with Gasteiger partial charge >= 0.3 is 0 Å². The molecule has 2 nitrogen and oxygen atoms in total. The molecule has 0 bridgehead atoms. The molecule has 0 saturated heterocycles. The lowest BCUT2D eigenvalue weighted by atomic mass is 9.78. The third kappa shape index (κ3) is 4.85. The number of ether oxygens (including phenoxy) is 1. The Labute approximate surface area is 184 Å². The van der Waals surface area contributed by atoms with Crippen LogP contribution < -0.4 is 10.1 Å². The molecule has 164 valence electrons. The Balaban J connectivity index is 0.000000171. The zero-order valence-electron chi connectivity index (χ0n) is 20.5. The third-order valence-corrected chi connectivity index (χ3v) is 6.27. The number of benzene rings is 2. The first-order chi connectivity index (χ1) is 14.0. The second-order valence-corrected chi connectivity index (χ2v) is 11.0. The standard InChI is InChI=1S/C14H21N.C14H20O/c1-10-7-8-12-11(6-5-9-15-12)13(10)14(2,3)4;1-10-7-8-12(14(2,3)4)11-6-5-9-15-13(10)11/h7-8,15H,5-6,9H2,1-4H3;7-8H,5-6,9H2,1-4H3. The molecule has 0 unspecified atom stereocenters. The van der Waals surface area contributed by atoms with E-state index in [-0.39, 0.29) is 10.8 Å². The van der Waals surface area contributed by atoms with Gasteiger partial charge in [0.25, 0.3) is 0 Å². The van der Waals surface area contributed by atoms with Crippen molar-refractivity contribution in [3.05, 3.63) is 57.6 Å². The maximum absolute atomic E-state index is 5.79. The summed E-state index contributed by atoms with van der Waals surface area (Å²) in [6.45, 7) is 20.1. The SMILES string of the molecule is Cc1ccc(C(C)(C)C)c2c1OCCC2.Cc1ccc2c(c1C(C)(C)C)CCCN2. The molecule has 0 amide bonds. The monoisotopic (exact) mass is 407 g/mol. The van der Waals surface area contributed by atoms with E-state index < -0.39 is 0 Å². The predicted octanol–water partition coefficient (Wildman–Crippen LogP) is 7.27. The summed E-state index contributed by atoms with van der Waals surface area (Å²) < 4.78 is 5.79. The number of hydrogen-bond acceptors (Lipinski definition) is 2. The minimum atomic E-state index is 0.221. The zero-order valence-corrected chi connectivity index (χ0v) is 20.5. The third-order valence-electron chi connectivity index (χ3n) is 6.27. The van der Waals surface area contributed by atoms with Crippen molar-refractivity contribution in [3.8, 4) is 5.75 Å². The molecule has 0 spiro atoms. The van der Waals surface area contributed by atoms with E-state index >= 15 is 0 Å². The Morgan fingerprint density at radius 1 is 0.767 bits per heavy atom. The van der Waals surface area contributed by atoms with Crippen LogP contribution in [0.15, 0.2) is 24.3 Å². The van der Waals surface area contributed by atoms with Crippen LogP contribution in [-0.4, -0.2) is 13.2 Å². The van der Waals surface area contributed by atoms with Gasteiger partial charge in [0.1, 0.15) is 5.75 Å². The van der Waals surface area contributed by atoms with Gasteiger partial charge in [0.2, 0.25) is 0 Å². The Morgan fingerprint density at radius 3 is 2.10 bits per heavy atom. The van der Waals surface area contributed by atoms with Gasteiger partial charge < -0.3 is 10.1 Å². The van der Waals surface area contributed by atoms with Crippen LogP contribution in [0.5, 0.6) is 5.75 Å². The van der Waals surface area contributed by atoms with Crippen molar-refractivity contribution in [1.29, 1.82) is 0 Å². The molecule has 30 heavy (non-hydrogen) atoms. The van der Waals surface area contributed by atoms with Crippen LogP contribution >= 0.6 is 0 Å². The molecular formula is C28H41NO. The molecule has 0 fully saturated rings. The molecule has 0 aromatic heterocycles. The minimum absolute atomic E-state index is 0.221. The molecular weight excluding hydrogens is 366 g/mol. The van der Waals surface area contributed by atoms with Crippen molar-refractivity contribution in [1.82, 2.24) is 0 Å². The van der Waals surface area contributed by atoms with Crippen molar-refractivity contribution in [2.75, 3.05) is 18.5 Å². The van der Waals surface area contributed by atoms with Gasteiger partial charge in [-0.3, -0.25) is 0 Å². The van der Waals surface area contributed by atoms with E-state index in [1.54, 1.807) is 11.1 Å². The quantitative estimate of drug-likeness (QED) is 0.496. The smallest absolute Gasteiger partial charge is 0.125 e. The topological polar surface area (TPSA) is 21.3 Å². The van der Waals surface area contributed by atoms with Gasteiger partial charge in [-0.1, -0.05) is 59.7 Å². The fraction of sp³-hybridized carbons (Fsp3) is 0.571.